The molecule has 4 aromatic carbocycles. The van der Waals surface area contributed by atoms with Gasteiger partial charge in [-0.25, -0.2) is 19.2 Å². The van der Waals surface area contributed by atoms with Crippen LogP contribution in [0.5, 0.6) is 0 Å². The van der Waals surface area contributed by atoms with E-state index >= 15 is 0 Å². The first-order valence-electron chi connectivity index (χ1n) is 13.8. The maximum Gasteiger partial charge on any atom is 0.338 e. The number of carbonyl (C=O) groups is 4. The highest BCUT2D eigenvalue weighted by Crippen LogP contribution is 2.29. The van der Waals surface area contributed by atoms with Crippen LogP contribution < -0.4 is 5.73 Å². The van der Waals surface area contributed by atoms with Crippen LogP contribution in [0.3, 0.4) is 0 Å². The van der Waals surface area contributed by atoms with E-state index < -0.39 is 61.1 Å². The largest absolute Gasteiger partial charge is 0.459 e. The van der Waals surface area contributed by atoms with Crippen molar-refractivity contribution in [2.45, 2.75) is 30.6 Å². The van der Waals surface area contributed by atoms with Crippen molar-refractivity contribution >= 4 is 23.9 Å². The Morgan fingerprint density at radius 1 is 0.500 bits per heavy atom. The Labute approximate surface area is 253 Å². The van der Waals surface area contributed by atoms with E-state index in [1.165, 1.54) is 12.1 Å². The van der Waals surface area contributed by atoms with Gasteiger partial charge in [-0.2, -0.15) is 0 Å². The molecule has 4 aromatic rings. The number of carbonyl (C=O) groups excluding carboxylic acids is 4. The van der Waals surface area contributed by atoms with Crippen LogP contribution >= 0.6 is 0 Å². The van der Waals surface area contributed by atoms with Crippen LogP contribution in [0.15, 0.2) is 121 Å². The zero-order valence-electron chi connectivity index (χ0n) is 23.4. The average Bonchev–Trinajstić information content (AvgIpc) is 3.07. The third-order valence-electron chi connectivity index (χ3n) is 6.82. The van der Waals surface area contributed by atoms with Crippen molar-refractivity contribution in [3.8, 4) is 0 Å². The Bertz CT molecular complexity index is 1570. The van der Waals surface area contributed by atoms with E-state index in [0.29, 0.717) is 0 Å². The molecule has 0 aromatic heterocycles. The molecule has 10 nitrogen and oxygen atoms in total. The third kappa shape index (κ3) is 7.35. The summed E-state index contributed by atoms with van der Waals surface area (Å²) < 4.78 is 28.9. The summed E-state index contributed by atoms with van der Waals surface area (Å²) in [5.74, 6) is -2.99. The fourth-order valence-electron chi connectivity index (χ4n) is 4.60. The van der Waals surface area contributed by atoms with Crippen molar-refractivity contribution in [2.24, 2.45) is 5.73 Å². The zero-order valence-corrected chi connectivity index (χ0v) is 23.4. The second-order valence-corrected chi connectivity index (χ2v) is 9.81. The third-order valence-corrected chi connectivity index (χ3v) is 6.82. The van der Waals surface area contributed by atoms with Gasteiger partial charge in [-0.1, -0.05) is 72.8 Å². The molecule has 10 heteroatoms. The Balaban J connectivity index is 1.48. The number of hydrogen-bond donors (Lipinski definition) is 1. The Hall–Kier alpha value is -5.32. The fraction of sp³-hybridized carbons (Fsp3) is 0.176. The molecule has 224 valence electrons. The lowest BCUT2D eigenvalue weighted by Gasteiger charge is -2.43. The van der Waals surface area contributed by atoms with Gasteiger partial charge in [-0.15, -0.1) is 0 Å². The van der Waals surface area contributed by atoms with Crippen LogP contribution in [0.4, 0.5) is 0 Å². The minimum absolute atomic E-state index is 0.195. The SMILES string of the molecule is N[C@@H]1O[C@H](COC(=O)c2ccccc2)[C@H](OC(=O)c2ccccc2)[C@H](OC(=O)c2ccccc2)[C@H]1OC(=O)c1ccccc1. The highest BCUT2D eigenvalue weighted by molar-refractivity contribution is 5.91. The molecule has 0 unspecified atom stereocenters. The summed E-state index contributed by atoms with van der Waals surface area (Å²) in [6.45, 7) is -0.424. The normalized spacial score (nSPS) is 21.0. The van der Waals surface area contributed by atoms with Gasteiger partial charge >= 0.3 is 23.9 Å². The van der Waals surface area contributed by atoms with Gasteiger partial charge in [-0.3, -0.25) is 0 Å². The molecule has 44 heavy (non-hydrogen) atoms. The fourth-order valence-corrected chi connectivity index (χ4v) is 4.60. The summed E-state index contributed by atoms with van der Waals surface area (Å²) in [6.07, 6.45) is -6.83. The summed E-state index contributed by atoms with van der Waals surface area (Å²) in [6, 6.07) is 32.6. The van der Waals surface area contributed by atoms with Gasteiger partial charge in [0.25, 0.3) is 0 Å². The molecule has 5 rings (SSSR count). The topological polar surface area (TPSA) is 140 Å². The van der Waals surface area contributed by atoms with Crippen LogP contribution in [-0.4, -0.2) is 61.1 Å². The van der Waals surface area contributed by atoms with E-state index in [2.05, 4.69) is 0 Å². The van der Waals surface area contributed by atoms with Crippen molar-refractivity contribution in [3.63, 3.8) is 0 Å². The minimum atomic E-state index is -1.45. The van der Waals surface area contributed by atoms with Crippen molar-refractivity contribution in [2.75, 3.05) is 6.61 Å². The maximum atomic E-state index is 13.3. The van der Waals surface area contributed by atoms with E-state index in [0.717, 1.165) is 0 Å². The molecule has 1 fully saturated rings. The van der Waals surface area contributed by atoms with Gasteiger partial charge in [0.1, 0.15) is 18.9 Å². The molecule has 0 amide bonds. The zero-order chi connectivity index (χ0) is 30.9. The monoisotopic (exact) mass is 595 g/mol. The Morgan fingerprint density at radius 2 is 0.841 bits per heavy atom. The number of nitrogens with two attached hydrogens (primary N) is 1. The molecule has 2 N–H and O–H groups in total. The van der Waals surface area contributed by atoms with Gasteiger partial charge in [0.15, 0.2) is 18.3 Å². The van der Waals surface area contributed by atoms with Gasteiger partial charge in [-0.05, 0) is 48.5 Å². The number of benzene rings is 4. The smallest absolute Gasteiger partial charge is 0.338 e. The first-order valence-corrected chi connectivity index (χ1v) is 13.8. The first kappa shape index (κ1) is 30.1. The quantitative estimate of drug-likeness (QED) is 0.221. The average molecular weight is 596 g/mol. The van der Waals surface area contributed by atoms with Crippen molar-refractivity contribution in [3.05, 3.63) is 144 Å². The summed E-state index contributed by atoms with van der Waals surface area (Å²) in [5.41, 5.74) is 7.24. The van der Waals surface area contributed by atoms with E-state index in [4.69, 9.17) is 29.4 Å². The van der Waals surface area contributed by atoms with Crippen LogP contribution in [0.25, 0.3) is 0 Å². The lowest BCUT2D eigenvalue weighted by atomic mass is 9.97. The van der Waals surface area contributed by atoms with Crippen LogP contribution in [0.2, 0.25) is 0 Å². The van der Waals surface area contributed by atoms with E-state index in [1.54, 1.807) is 109 Å². The molecule has 1 heterocycles. The molecular weight excluding hydrogens is 566 g/mol. The molecule has 1 aliphatic rings. The lowest BCUT2D eigenvalue weighted by Crippen LogP contribution is -2.64. The summed E-state index contributed by atoms with van der Waals surface area (Å²) >= 11 is 0. The van der Waals surface area contributed by atoms with Crippen molar-refractivity contribution in [1.82, 2.24) is 0 Å². The molecule has 1 aliphatic heterocycles. The van der Waals surface area contributed by atoms with Gasteiger partial charge < -0.3 is 29.4 Å². The second-order valence-electron chi connectivity index (χ2n) is 9.81. The Morgan fingerprint density at radius 3 is 1.25 bits per heavy atom. The lowest BCUT2D eigenvalue weighted by molar-refractivity contribution is -0.227. The number of hydrogen-bond acceptors (Lipinski definition) is 10. The van der Waals surface area contributed by atoms with E-state index in [-0.39, 0.29) is 22.3 Å². The maximum absolute atomic E-state index is 13.3. The highest BCUT2D eigenvalue weighted by atomic mass is 16.7. The molecular formula is C34H29NO9. The van der Waals surface area contributed by atoms with Crippen molar-refractivity contribution in [1.29, 1.82) is 0 Å². The molecule has 0 spiro atoms. The van der Waals surface area contributed by atoms with Crippen LogP contribution in [0, 0.1) is 0 Å². The molecule has 0 saturated carbocycles. The van der Waals surface area contributed by atoms with Gasteiger partial charge in [0, 0.05) is 0 Å². The molecule has 0 aliphatic carbocycles. The van der Waals surface area contributed by atoms with E-state index in [9.17, 15) is 19.2 Å². The predicted octanol–water partition coefficient (Wildman–Crippen LogP) is 4.20. The predicted molar refractivity (Wildman–Crippen MR) is 157 cm³/mol. The minimum Gasteiger partial charge on any atom is -0.459 e. The highest BCUT2D eigenvalue weighted by Gasteiger charge is 2.52. The van der Waals surface area contributed by atoms with Gasteiger partial charge in [0.2, 0.25) is 0 Å². The Kier molecular flexibility index (Phi) is 9.75. The van der Waals surface area contributed by atoms with Crippen LogP contribution in [-0.2, 0) is 23.7 Å². The second kappa shape index (κ2) is 14.2. The molecule has 0 bridgehead atoms. The van der Waals surface area contributed by atoms with Gasteiger partial charge in [0.05, 0.1) is 22.3 Å². The molecule has 1 saturated heterocycles. The number of esters is 4. The number of rotatable bonds is 9. The molecule has 0 radical (unpaired) electrons. The standard InChI is InChI=1S/C34H29NO9/c35-30-29(44-34(39)25-19-11-4-12-20-25)28(43-33(38)24-17-9-3-10-18-24)27(42-32(37)23-15-7-2-8-16-23)26(41-30)21-40-31(36)22-13-5-1-6-14-22/h1-20,26-30H,21,35H2/t26-,27+,28+,29-,30-/m1/s1. The summed E-state index contributed by atoms with van der Waals surface area (Å²) in [4.78, 5) is 52.5. The van der Waals surface area contributed by atoms with Crippen molar-refractivity contribution < 1.29 is 42.9 Å². The summed E-state index contributed by atoms with van der Waals surface area (Å²) in [5, 5.41) is 0. The number of ether oxygens (including phenoxy) is 5. The summed E-state index contributed by atoms with van der Waals surface area (Å²) in [7, 11) is 0. The first-order chi connectivity index (χ1) is 21.4. The molecule has 5 atom stereocenters. The van der Waals surface area contributed by atoms with Crippen LogP contribution in [0.1, 0.15) is 41.4 Å². The van der Waals surface area contributed by atoms with E-state index in [1.807, 2.05) is 0 Å².